The van der Waals surface area contributed by atoms with Gasteiger partial charge >= 0.3 is 11.4 Å². The predicted octanol–water partition coefficient (Wildman–Crippen LogP) is 4.60. The van der Waals surface area contributed by atoms with Crippen molar-refractivity contribution in [3.8, 4) is 0 Å². The molecule has 6 nitrogen and oxygen atoms in total. The number of amides is 1. The van der Waals surface area contributed by atoms with Crippen LogP contribution < -0.4 is 4.90 Å². The minimum Gasteiger partial charge on any atom is -0.285 e. The number of Topliss-reactive ketones (excluding diaryl/α,β-unsaturated/α-hetero) is 1. The SMILES string of the molecule is CCC1=C(c2ccccc2)N(c2ccccc2)C(=O)C(c2ccccc2)([N+](=O)[O-])C1=O. The van der Waals surface area contributed by atoms with E-state index in [1.807, 2.05) is 6.07 Å². The van der Waals surface area contributed by atoms with Crippen LogP contribution in [0.25, 0.3) is 5.70 Å². The van der Waals surface area contributed by atoms with Crippen molar-refractivity contribution in [2.24, 2.45) is 0 Å². The second kappa shape index (κ2) is 7.99. The largest absolute Gasteiger partial charge is 0.385 e. The van der Waals surface area contributed by atoms with Crippen LogP contribution in [0.2, 0.25) is 0 Å². The Bertz CT molecular complexity index is 1170. The highest BCUT2D eigenvalue weighted by Gasteiger charge is 2.65. The maximum atomic E-state index is 14.0. The summed E-state index contributed by atoms with van der Waals surface area (Å²) in [5.74, 6) is -1.68. The normalized spacial score (nSPS) is 18.9. The van der Waals surface area contributed by atoms with Crippen LogP contribution in [0.3, 0.4) is 0 Å². The van der Waals surface area contributed by atoms with Crippen LogP contribution in [0.5, 0.6) is 0 Å². The fourth-order valence-electron chi connectivity index (χ4n) is 4.07. The molecule has 0 saturated carbocycles. The second-order valence-corrected chi connectivity index (χ2v) is 7.19. The van der Waals surface area contributed by atoms with E-state index in [0.717, 1.165) is 0 Å². The van der Waals surface area contributed by atoms with E-state index in [-0.39, 0.29) is 17.6 Å². The molecule has 6 heteroatoms. The Kier molecular flexibility index (Phi) is 5.21. The van der Waals surface area contributed by atoms with Crippen LogP contribution in [0.1, 0.15) is 24.5 Å². The van der Waals surface area contributed by atoms with Gasteiger partial charge in [-0.15, -0.1) is 0 Å². The van der Waals surface area contributed by atoms with Gasteiger partial charge in [-0.2, -0.15) is 0 Å². The average Bonchev–Trinajstić information content (AvgIpc) is 2.81. The number of rotatable bonds is 5. The van der Waals surface area contributed by atoms with E-state index in [1.165, 1.54) is 17.0 Å². The summed E-state index contributed by atoms with van der Waals surface area (Å²) < 4.78 is 0. The minimum absolute atomic E-state index is 0.0500. The number of carbonyl (C=O) groups is 2. The molecule has 1 unspecified atom stereocenters. The summed E-state index contributed by atoms with van der Waals surface area (Å²) >= 11 is 0. The molecule has 3 aromatic rings. The van der Waals surface area contributed by atoms with E-state index >= 15 is 0 Å². The number of hydrogen-bond donors (Lipinski definition) is 0. The lowest BCUT2D eigenvalue weighted by Crippen LogP contribution is -2.60. The molecule has 154 valence electrons. The third-order valence-corrected chi connectivity index (χ3v) is 5.51. The molecule has 4 rings (SSSR count). The van der Waals surface area contributed by atoms with Crippen LogP contribution in [-0.2, 0) is 15.1 Å². The van der Waals surface area contributed by atoms with E-state index in [0.29, 0.717) is 16.9 Å². The van der Waals surface area contributed by atoms with Crippen LogP contribution in [0, 0.1) is 10.1 Å². The van der Waals surface area contributed by atoms with Gasteiger partial charge in [0.2, 0.25) is 0 Å². The summed E-state index contributed by atoms with van der Waals surface area (Å²) in [4.78, 5) is 40.8. The van der Waals surface area contributed by atoms with Gasteiger partial charge in [0.15, 0.2) is 0 Å². The second-order valence-electron chi connectivity index (χ2n) is 7.19. The Balaban J connectivity index is 2.10. The summed E-state index contributed by atoms with van der Waals surface area (Å²) in [6.07, 6.45) is 0.238. The molecule has 0 fully saturated rings. The Morgan fingerprint density at radius 1 is 0.839 bits per heavy atom. The quantitative estimate of drug-likeness (QED) is 0.349. The summed E-state index contributed by atoms with van der Waals surface area (Å²) in [5, 5.41) is 12.5. The number of benzene rings is 3. The zero-order valence-electron chi connectivity index (χ0n) is 16.9. The van der Waals surface area contributed by atoms with Gasteiger partial charge < -0.3 is 0 Å². The molecule has 0 radical (unpaired) electrons. The molecule has 1 atom stereocenters. The molecule has 1 aliphatic heterocycles. The molecular weight excluding hydrogens is 392 g/mol. The van der Waals surface area contributed by atoms with Gasteiger partial charge in [0.05, 0.1) is 5.70 Å². The topological polar surface area (TPSA) is 80.5 Å². The van der Waals surface area contributed by atoms with Gasteiger partial charge in [-0.25, -0.2) is 0 Å². The van der Waals surface area contributed by atoms with Crippen LogP contribution >= 0.6 is 0 Å². The van der Waals surface area contributed by atoms with Gasteiger partial charge in [0, 0.05) is 21.7 Å². The number of nitrogens with zero attached hydrogens (tertiary/aromatic N) is 2. The van der Waals surface area contributed by atoms with Crippen molar-refractivity contribution in [1.29, 1.82) is 0 Å². The Labute approximate surface area is 179 Å². The summed E-state index contributed by atoms with van der Waals surface area (Å²) in [6.45, 7) is 1.77. The number of ketones is 1. The molecule has 1 heterocycles. The minimum atomic E-state index is -2.54. The summed E-state index contributed by atoms with van der Waals surface area (Å²) in [6, 6.07) is 25.6. The predicted molar refractivity (Wildman–Crippen MR) is 118 cm³/mol. The average molecular weight is 412 g/mol. The molecule has 1 aliphatic rings. The lowest BCUT2D eigenvalue weighted by atomic mass is 9.76. The van der Waals surface area contributed by atoms with E-state index in [1.54, 1.807) is 79.7 Å². The highest BCUT2D eigenvalue weighted by molar-refractivity contribution is 6.31. The molecule has 0 saturated heterocycles. The third-order valence-electron chi connectivity index (χ3n) is 5.51. The Morgan fingerprint density at radius 2 is 1.35 bits per heavy atom. The van der Waals surface area contributed by atoms with Crippen LogP contribution in [-0.4, -0.2) is 16.6 Å². The number of nitro groups is 1. The molecule has 0 aliphatic carbocycles. The lowest BCUT2D eigenvalue weighted by molar-refractivity contribution is -0.542. The first-order chi connectivity index (χ1) is 15.0. The molecule has 3 aromatic carbocycles. The Morgan fingerprint density at radius 3 is 1.87 bits per heavy atom. The number of para-hydroxylation sites is 1. The monoisotopic (exact) mass is 412 g/mol. The first-order valence-electron chi connectivity index (χ1n) is 9.96. The van der Waals surface area contributed by atoms with Gasteiger partial charge in [-0.05, 0) is 24.1 Å². The first kappa shape index (κ1) is 20.2. The van der Waals surface area contributed by atoms with E-state index in [9.17, 15) is 19.7 Å². The maximum absolute atomic E-state index is 14.0. The number of carbonyl (C=O) groups excluding carboxylic acids is 2. The summed E-state index contributed by atoms with van der Waals surface area (Å²) in [7, 11) is 0. The van der Waals surface area contributed by atoms with E-state index in [2.05, 4.69) is 0 Å². The van der Waals surface area contributed by atoms with Crippen molar-refractivity contribution >= 4 is 23.1 Å². The van der Waals surface area contributed by atoms with Gasteiger partial charge in [0.25, 0.3) is 5.78 Å². The maximum Gasteiger partial charge on any atom is 0.385 e. The van der Waals surface area contributed by atoms with Crippen LogP contribution in [0.15, 0.2) is 96.6 Å². The fraction of sp³-hybridized carbons (Fsp3) is 0.120. The zero-order valence-corrected chi connectivity index (χ0v) is 16.9. The third kappa shape index (κ3) is 3.04. The van der Waals surface area contributed by atoms with Crippen molar-refractivity contribution < 1.29 is 14.5 Å². The highest BCUT2D eigenvalue weighted by Crippen LogP contribution is 2.43. The number of anilines is 1. The van der Waals surface area contributed by atoms with Crippen molar-refractivity contribution in [1.82, 2.24) is 0 Å². The molecule has 0 bridgehead atoms. The first-order valence-corrected chi connectivity index (χ1v) is 9.96. The fourth-order valence-corrected chi connectivity index (χ4v) is 4.07. The van der Waals surface area contributed by atoms with Gasteiger partial charge in [0.1, 0.15) is 0 Å². The number of hydrogen-bond acceptors (Lipinski definition) is 4. The molecule has 31 heavy (non-hydrogen) atoms. The van der Waals surface area contributed by atoms with Crippen molar-refractivity contribution in [3.05, 3.63) is 118 Å². The molecule has 1 amide bonds. The molecule has 0 N–H and O–H groups in total. The smallest absolute Gasteiger partial charge is 0.285 e. The van der Waals surface area contributed by atoms with E-state index in [4.69, 9.17) is 0 Å². The Hall–Kier alpha value is -4.06. The van der Waals surface area contributed by atoms with Crippen molar-refractivity contribution in [3.63, 3.8) is 0 Å². The van der Waals surface area contributed by atoms with Crippen LogP contribution in [0.4, 0.5) is 5.69 Å². The van der Waals surface area contributed by atoms with Crippen molar-refractivity contribution in [2.45, 2.75) is 18.9 Å². The highest BCUT2D eigenvalue weighted by atomic mass is 16.6. The van der Waals surface area contributed by atoms with E-state index < -0.39 is 22.2 Å². The standard InChI is InChI=1S/C25H20N2O4/c1-2-21-22(18-12-6-3-7-13-18)26(20-16-10-5-11-17-20)24(29)25(23(21)28,27(30)31)19-14-8-4-9-15-19/h3-17H,2H2,1H3. The molecule has 0 spiro atoms. The zero-order chi connectivity index (χ0) is 22.0. The van der Waals surface area contributed by atoms with Crippen molar-refractivity contribution in [2.75, 3.05) is 4.90 Å². The molecule has 0 aromatic heterocycles. The lowest BCUT2D eigenvalue weighted by Gasteiger charge is -2.38. The summed E-state index contributed by atoms with van der Waals surface area (Å²) in [5.41, 5.74) is -0.746. The molecular formula is C25H20N2O4. The van der Waals surface area contributed by atoms with Gasteiger partial charge in [-0.1, -0.05) is 85.8 Å². The van der Waals surface area contributed by atoms with Gasteiger partial charge in [-0.3, -0.25) is 24.6 Å².